The van der Waals surface area contributed by atoms with Crippen molar-refractivity contribution in [2.45, 2.75) is 0 Å². The molecule has 0 unspecified atom stereocenters. The number of pyridine rings is 1. The summed E-state index contributed by atoms with van der Waals surface area (Å²) in [5.41, 5.74) is 7.13. The van der Waals surface area contributed by atoms with Gasteiger partial charge in [-0.15, -0.1) is 0 Å². The Morgan fingerprint density at radius 1 is 0.348 bits per heavy atom. The number of fused-ring (bicyclic) bond motifs is 6. The van der Waals surface area contributed by atoms with E-state index in [2.05, 4.69) is 151 Å². The van der Waals surface area contributed by atoms with Crippen molar-refractivity contribution in [3.8, 4) is 45.0 Å². The van der Waals surface area contributed by atoms with Gasteiger partial charge in [0.25, 0.3) is 0 Å². The summed E-state index contributed by atoms with van der Waals surface area (Å²) >= 11 is 0. The summed E-state index contributed by atoms with van der Waals surface area (Å²) in [7, 11) is 0. The van der Waals surface area contributed by atoms with E-state index in [1.165, 1.54) is 43.1 Å². The van der Waals surface area contributed by atoms with Gasteiger partial charge in [-0.2, -0.15) is 0 Å². The Labute approximate surface area is 266 Å². The number of nitrogens with zero attached hydrogens (tertiary/aromatic N) is 3. The highest BCUT2D eigenvalue weighted by Gasteiger charge is 2.17. The van der Waals surface area contributed by atoms with Crippen LogP contribution in [0.15, 0.2) is 164 Å². The van der Waals surface area contributed by atoms with Crippen molar-refractivity contribution in [2.75, 3.05) is 0 Å². The zero-order chi connectivity index (χ0) is 30.5. The normalized spacial score (nSPS) is 11.5. The third-order valence-electron chi connectivity index (χ3n) is 8.95. The second-order valence-corrected chi connectivity index (χ2v) is 11.7. The first-order valence-corrected chi connectivity index (χ1v) is 15.5. The van der Waals surface area contributed by atoms with Crippen LogP contribution in [0.4, 0.5) is 0 Å². The van der Waals surface area contributed by atoms with Crippen LogP contribution < -0.4 is 0 Å². The fourth-order valence-corrected chi connectivity index (χ4v) is 6.73. The molecule has 9 rings (SSSR count). The van der Waals surface area contributed by atoms with E-state index in [0.29, 0.717) is 5.82 Å². The van der Waals surface area contributed by atoms with Crippen molar-refractivity contribution in [1.29, 1.82) is 0 Å². The lowest BCUT2D eigenvalue weighted by molar-refractivity contribution is 1.19. The van der Waals surface area contributed by atoms with Gasteiger partial charge in [0.15, 0.2) is 5.82 Å². The second-order valence-electron chi connectivity index (χ2n) is 11.7. The van der Waals surface area contributed by atoms with Gasteiger partial charge in [-0.3, -0.25) is 4.98 Å². The standard InChI is InChI=1S/C43H27N3/c1-3-13-33-30(10-1)24-39(37-17-7-5-15-35(33)37)41-26-42(40-25-31-11-2-4-14-34(31)36-16-6-8-18-38(36)40)46-43(45-41)29-21-19-28(20-22-29)32-12-9-23-44-27-32/h1-27H. The summed E-state index contributed by atoms with van der Waals surface area (Å²) in [6, 6.07) is 53.7. The van der Waals surface area contributed by atoms with Gasteiger partial charge in [-0.1, -0.05) is 127 Å². The Kier molecular flexibility index (Phi) is 6.14. The lowest BCUT2D eigenvalue weighted by Gasteiger charge is -2.15. The van der Waals surface area contributed by atoms with Crippen LogP contribution in [0.3, 0.4) is 0 Å². The first kappa shape index (κ1) is 26.2. The van der Waals surface area contributed by atoms with Gasteiger partial charge >= 0.3 is 0 Å². The average Bonchev–Trinajstić information content (AvgIpc) is 3.14. The van der Waals surface area contributed by atoms with Gasteiger partial charge in [-0.25, -0.2) is 9.97 Å². The topological polar surface area (TPSA) is 38.7 Å². The molecule has 214 valence electrons. The maximum absolute atomic E-state index is 5.28. The van der Waals surface area contributed by atoms with Crippen molar-refractivity contribution in [2.24, 2.45) is 0 Å². The molecule has 3 nitrogen and oxygen atoms in total. The zero-order valence-corrected chi connectivity index (χ0v) is 24.9. The number of hydrogen-bond acceptors (Lipinski definition) is 3. The van der Waals surface area contributed by atoms with Crippen molar-refractivity contribution < 1.29 is 0 Å². The molecule has 0 aliphatic rings. The third kappa shape index (κ3) is 4.41. The lowest BCUT2D eigenvalue weighted by atomic mass is 9.93. The average molecular weight is 586 g/mol. The molecule has 0 aliphatic carbocycles. The van der Waals surface area contributed by atoms with Gasteiger partial charge in [0.1, 0.15) is 0 Å². The van der Waals surface area contributed by atoms with E-state index >= 15 is 0 Å². The Bertz CT molecular complexity index is 2430. The minimum Gasteiger partial charge on any atom is -0.264 e. The molecule has 3 heteroatoms. The molecule has 9 aromatic rings. The molecule has 0 amide bonds. The zero-order valence-electron chi connectivity index (χ0n) is 24.9. The second kappa shape index (κ2) is 10.8. The molecule has 0 saturated carbocycles. The van der Waals surface area contributed by atoms with Gasteiger partial charge in [0, 0.05) is 29.1 Å². The highest BCUT2D eigenvalue weighted by molar-refractivity contribution is 6.15. The predicted octanol–water partition coefficient (Wildman–Crippen LogP) is 11.2. The number of benzene rings is 7. The SMILES string of the molecule is c1cncc(-c2ccc(-c3nc(-c4cc5ccccc5c5ccccc45)cc(-c4cc5ccccc5c5ccccc45)n3)cc2)c1. The smallest absolute Gasteiger partial charge is 0.160 e. The summed E-state index contributed by atoms with van der Waals surface area (Å²) < 4.78 is 0. The molecule has 0 saturated heterocycles. The van der Waals surface area contributed by atoms with E-state index < -0.39 is 0 Å². The molecule has 0 fully saturated rings. The highest BCUT2D eigenvalue weighted by Crippen LogP contribution is 2.39. The molecule has 0 radical (unpaired) electrons. The molecule has 0 atom stereocenters. The largest absolute Gasteiger partial charge is 0.264 e. The van der Waals surface area contributed by atoms with Crippen molar-refractivity contribution in [3.63, 3.8) is 0 Å². The molecule has 0 aliphatic heterocycles. The lowest BCUT2D eigenvalue weighted by Crippen LogP contribution is -1.97. The van der Waals surface area contributed by atoms with E-state index in [4.69, 9.17) is 9.97 Å². The van der Waals surface area contributed by atoms with Gasteiger partial charge in [0.05, 0.1) is 11.4 Å². The Balaban J connectivity index is 1.32. The van der Waals surface area contributed by atoms with Gasteiger partial charge in [-0.05, 0) is 78.5 Å². The van der Waals surface area contributed by atoms with Crippen LogP contribution >= 0.6 is 0 Å². The molecule has 2 aromatic heterocycles. The van der Waals surface area contributed by atoms with E-state index in [9.17, 15) is 0 Å². The molecule has 46 heavy (non-hydrogen) atoms. The minimum absolute atomic E-state index is 0.694. The van der Waals surface area contributed by atoms with E-state index in [1.807, 2.05) is 12.3 Å². The molecular weight excluding hydrogens is 558 g/mol. The molecule has 0 N–H and O–H groups in total. The quantitative estimate of drug-likeness (QED) is 0.193. The van der Waals surface area contributed by atoms with Crippen LogP contribution in [0.2, 0.25) is 0 Å². The molecule has 0 bridgehead atoms. The Morgan fingerprint density at radius 3 is 1.35 bits per heavy atom. The third-order valence-corrected chi connectivity index (χ3v) is 8.95. The van der Waals surface area contributed by atoms with Crippen molar-refractivity contribution in [3.05, 3.63) is 164 Å². The summed E-state index contributed by atoms with van der Waals surface area (Å²) in [6.07, 6.45) is 3.69. The highest BCUT2D eigenvalue weighted by atomic mass is 14.9. The van der Waals surface area contributed by atoms with Gasteiger partial charge in [0.2, 0.25) is 0 Å². The predicted molar refractivity (Wildman–Crippen MR) is 192 cm³/mol. The van der Waals surface area contributed by atoms with Crippen LogP contribution in [-0.4, -0.2) is 15.0 Å². The first-order chi connectivity index (χ1) is 22.8. The Morgan fingerprint density at radius 2 is 0.826 bits per heavy atom. The van der Waals surface area contributed by atoms with Crippen LogP contribution in [-0.2, 0) is 0 Å². The van der Waals surface area contributed by atoms with Crippen molar-refractivity contribution in [1.82, 2.24) is 15.0 Å². The number of rotatable bonds is 4. The molecule has 0 spiro atoms. The van der Waals surface area contributed by atoms with Crippen LogP contribution in [0.5, 0.6) is 0 Å². The monoisotopic (exact) mass is 585 g/mol. The van der Waals surface area contributed by atoms with Crippen LogP contribution in [0.1, 0.15) is 0 Å². The van der Waals surface area contributed by atoms with E-state index in [0.717, 1.165) is 39.2 Å². The van der Waals surface area contributed by atoms with E-state index in [1.54, 1.807) is 6.20 Å². The minimum atomic E-state index is 0.694. The summed E-state index contributed by atoms with van der Waals surface area (Å²) in [4.78, 5) is 14.9. The summed E-state index contributed by atoms with van der Waals surface area (Å²) in [5.74, 6) is 0.694. The fourth-order valence-electron chi connectivity index (χ4n) is 6.73. The van der Waals surface area contributed by atoms with Gasteiger partial charge < -0.3 is 0 Å². The molecular formula is C43H27N3. The molecule has 7 aromatic carbocycles. The Hall–Kier alpha value is -6.19. The number of aromatic nitrogens is 3. The summed E-state index contributed by atoms with van der Waals surface area (Å²) in [6.45, 7) is 0. The van der Waals surface area contributed by atoms with Crippen LogP contribution in [0, 0.1) is 0 Å². The fraction of sp³-hybridized carbons (Fsp3) is 0. The van der Waals surface area contributed by atoms with Crippen LogP contribution in [0.25, 0.3) is 88.1 Å². The van der Waals surface area contributed by atoms with Crippen molar-refractivity contribution >= 4 is 43.1 Å². The number of hydrogen-bond donors (Lipinski definition) is 0. The molecule has 2 heterocycles. The first-order valence-electron chi connectivity index (χ1n) is 15.5. The maximum Gasteiger partial charge on any atom is 0.160 e. The van der Waals surface area contributed by atoms with E-state index in [-0.39, 0.29) is 0 Å². The summed E-state index contributed by atoms with van der Waals surface area (Å²) in [5, 5.41) is 9.64. The maximum atomic E-state index is 5.28.